The number of nitrogens with zero attached hydrogens (tertiary/aromatic N) is 3. The van der Waals surface area contributed by atoms with Gasteiger partial charge in [-0.25, -0.2) is 13.4 Å². The minimum absolute atomic E-state index is 0. The molecule has 0 radical (unpaired) electrons. The molecule has 3 aromatic rings. The fourth-order valence-electron chi connectivity index (χ4n) is 3.72. The van der Waals surface area contributed by atoms with E-state index in [-0.39, 0.29) is 24.8 Å². The van der Waals surface area contributed by atoms with Gasteiger partial charge >= 0.3 is 0 Å². The van der Waals surface area contributed by atoms with E-state index in [1.54, 1.807) is 12.1 Å². The Balaban J connectivity index is 0.00000160. The lowest BCUT2D eigenvalue weighted by Crippen LogP contribution is -2.46. The maximum atomic E-state index is 11.7. The second-order valence-corrected chi connectivity index (χ2v) is 9.29. The molecule has 2 heterocycles. The van der Waals surface area contributed by atoms with Crippen LogP contribution in [0.3, 0.4) is 0 Å². The number of likely N-dealkylation sites (N-methyl/N-ethyl adjacent to an activating group) is 1. The molecule has 1 aliphatic heterocycles. The highest BCUT2D eigenvalue weighted by molar-refractivity contribution is 7.90. The number of fused-ring (bicyclic) bond motifs is 1. The molecular weight excluding hydrogens is 441 g/mol. The SMILES string of the molecule is CCN1CCN(c2nc(-c3ccc(S(C)(=O)=O)cc3)cc3ccccc23)CC1.Cl.Cl. The summed E-state index contributed by atoms with van der Waals surface area (Å²) < 4.78 is 23.5. The molecule has 0 bridgehead atoms. The molecule has 1 saturated heterocycles. The molecule has 0 atom stereocenters. The molecule has 162 valence electrons. The summed E-state index contributed by atoms with van der Waals surface area (Å²) >= 11 is 0. The van der Waals surface area contributed by atoms with E-state index in [0.29, 0.717) is 4.90 Å². The van der Waals surface area contributed by atoms with Gasteiger partial charge in [-0.2, -0.15) is 0 Å². The summed E-state index contributed by atoms with van der Waals surface area (Å²) in [7, 11) is -3.20. The van der Waals surface area contributed by atoms with Gasteiger partial charge in [-0.1, -0.05) is 43.3 Å². The molecule has 2 aromatic carbocycles. The van der Waals surface area contributed by atoms with Crippen LogP contribution in [0, 0.1) is 0 Å². The van der Waals surface area contributed by atoms with Gasteiger partial charge in [0.15, 0.2) is 9.84 Å². The fraction of sp³-hybridized carbons (Fsp3) is 0.318. The minimum atomic E-state index is -3.20. The van der Waals surface area contributed by atoms with E-state index in [1.807, 2.05) is 18.2 Å². The van der Waals surface area contributed by atoms with E-state index >= 15 is 0 Å². The number of benzene rings is 2. The summed E-state index contributed by atoms with van der Waals surface area (Å²) in [6, 6.07) is 17.4. The van der Waals surface area contributed by atoms with Crippen molar-refractivity contribution < 1.29 is 8.42 Å². The summed E-state index contributed by atoms with van der Waals surface area (Å²) in [5.74, 6) is 1.01. The van der Waals surface area contributed by atoms with Crippen molar-refractivity contribution in [3.8, 4) is 11.3 Å². The zero-order chi connectivity index (χ0) is 19.7. The average Bonchev–Trinajstić information content (AvgIpc) is 2.72. The number of hydrogen-bond donors (Lipinski definition) is 0. The Labute approximate surface area is 190 Å². The first kappa shape index (κ1) is 24.4. The molecule has 30 heavy (non-hydrogen) atoms. The van der Waals surface area contributed by atoms with Crippen molar-refractivity contribution in [3.63, 3.8) is 0 Å². The van der Waals surface area contributed by atoms with E-state index in [0.717, 1.165) is 60.6 Å². The molecular formula is C22H27Cl2N3O2S. The van der Waals surface area contributed by atoms with E-state index in [9.17, 15) is 8.42 Å². The molecule has 0 spiro atoms. The van der Waals surface area contributed by atoms with Crippen LogP contribution >= 0.6 is 24.8 Å². The molecule has 0 saturated carbocycles. The first-order valence-electron chi connectivity index (χ1n) is 9.63. The van der Waals surface area contributed by atoms with Crippen LogP contribution in [0.1, 0.15) is 6.92 Å². The highest BCUT2D eigenvalue weighted by atomic mass is 35.5. The van der Waals surface area contributed by atoms with E-state index in [1.165, 1.54) is 6.26 Å². The Hall–Kier alpha value is -1.86. The third-order valence-electron chi connectivity index (χ3n) is 5.42. The van der Waals surface area contributed by atoms with Crippen LogP contribution in [0.2, 0.25) is 0 Å². The Morgan fingerprint density at radius 3 is 2.17 bits per heavy atom. The maximum absolute atomic E-state index is 11.7. The summed E-state index contributed by atoms with van der Waals surface area (Å²) in [5.41, 5.74) is 1.79. The first-order chi connectivity index (χ1) is 13.5. The molecule has 4 rings (SSSR count). The van der Waals surface area contributed by atoms with Gasteiger partial charge in [0.2, 0.25) is 0 Å². The number of halogens is 2. The van der Waals surface area contributed by atoms with Gasteiger partial charge in [0.1, 0.15) is 5.82 Å². The topological polar surface area (TPSA) is 53.5 Å². The van der Waals surface area contributed by atoms with Crippen molar-refractivity contribution in [2.45, 2.75) is 11.8 Å². The van der Waals surface area contributed by atoms with Gasteiger partial charge in [-0.15, -0.1) is 24.8 Å². The number of piperazine rings is 1. The van der Waals surface area contributed by atoms with Gasteiger partial charge in [0, 0.05) is 43.4 Å². The van der Waals surface area contributed by atoms with Crippen molar-refractivity contribution >= 4 is 51.2 Å². The Morgan fingerprint density at radius 2 is 1.57 bits per heavy atom. The number of anilines is 1. The lowest BCUT2D eigenvalue weighted by Gasteiger charge is -2.35. The quantitative estimate of drug-likeness (QED) is 0.572. The molecule has 8 heteroatoms. The third-order valence-corrected chi connectivity index (χ3v) is 6.55. The molecule has 0 unspecified atom stereocenters. The van der Waals surface area contributed by atoms with Gasteiger partial charge in [0.05, 0.1) is 10.6 Å². The van der Waals surface area contributed by atoms with Crippen molar-refractivity contribution in [1.29, 1.82) is 0 Å². The fourth-order valence-corrected chi connectivity index (χ4v) is 4.35. The van der Waals surface area contributed by atoms with Crippen molar-refractivity contribution in [2.75, 3.05) is 43.9 Å². The van der Waals surface area contributed by atoms with Gasteiger partial charge in [0.25, 0.3) is 0 Å². The van der Waals surface area contributed by atoms with E-state index in [4.69, 9.17) is 4.98 Å². The number of sulfone groups is 1. The average molecular weight is 468 g/mol. The third kappa shape index (κ3) is 5.06. The van der Waals surface area contributed by atoms with Gasteiger partial charge in [-0.05, 0) is 30.1 Å². The lowest BCUT2D eigenvalue weighted by atomic mass is 10.1. The van der Waals surface area contributed by atoms with E-state index in [2.05, 4.69) is 41.0 Å². The highest BCUT2D eigenvalue weighted by Gasteiger charge is 2.20. The number of hydrogen-bond acceptors (Lipinski definition) is 5. The smallest absolute Gasteiger partial charge is 0.175 e. The monoisotopic (exact) mass is 467 g/mol. The molecule has 0 amide bonds. The Kier molecular flexibility index (Phi) is 8.11. The number of rotatable bonds is 4. The van der Waals surface area contributed by atoms with Crippen LogP contribution in [0.5, 0.6) is 0 Å². The highest BCUT2D eigenvalue weighted by Crippen LogP contribution is 2.31. The largest absolute Gasteiger partial charge is 0.354 e. The van der Waals surface area contributed by atoms with Crippen molar-refractivity contribution in [2.24, 2.45) is 0 Å². The summed E-state index contributed by atoms with van der Waals surface area (Å²) in [6.07, 6.45) is 1.23. The molecule has 1 fully saturated rings. The van der Waals surface area contributed by atoms with Crippen LogP contribution < -0.4 is 4.90 Å². The van der Waals surface area contributed by atoms with Crippen LogP contribution in [0.25, 0.3) is 22.0 Å². The van der Waals surface area contributed by atoms with Gasteiger partial charge in [-0.3, -0.25) is 0 Å². The summed E-state index contributed by atoms with van der Waals surface area (Å²) in [4.78, 5) is 10.1. The minimum Gasteiger partial charge on any atom is -0.354 e. The molecule has 5 nitrogen and oxygen atoms in total. The Bertz CT molecular complexity index is 1100. The van der Waals surface area contributed by atoms with Crippen LogP contribution in [-0.4, -0.2) is 57.3 Å². The second-order valence-electron chi connectivity index (χ2n) is 7.27. The zero-order valence-corrected chi connectivity index (χ0v) is 19.6. The summed E-state index contributed by atoms with van der Waals surface area (Å²) in [6.45, 7) is 7.28. The second kappa shape index (κ2) is 9.96. The molecule has 1 aliphatic rings. The maximum Gasteiger partial charge on any atom is 0.175 e. The van der Waals surface area contributed by atoms with Crippen LogP contribution in [0.15, 0.2) is 59.5 Å². The van der Waals surface area contributed by atoms with Crippen LogP contribution in [-0.2, 0) is 9.84 Å². The standard InChI is InChI=1S/C22H25N3O2S.2ClH/c1-3-24-12-14-25(15-13-24)22-20-7-5-4-6-18(20)16-21(23-22)17-8-10-19(11-9-17)28(2,26)27;;/h4-11,16H,3,12-15H2,1-2H3;2*1H. The first-order valence-corrected chi connectivity index (χ1v) is 11.5. The van der Waals surface area contributed by atoms with Crippen LogP contribution in [0.4, 0.5) is 5.82 Å². The molecule has 0 aliphatic carbocycles. The number of pyridine rings is 1. The van der Waals surface area contributed by atoms with E-state index < -0.39 is 9.84 Å². The molecule has 1 aromatic heterocycles. The van der Waals surface area contributed by atoms with Crippen molar-refractivity contribution in [3.05, 3.63) is 54.6 Å². The number of aromatic nitrogens is 1. The molecule has 0 N–H and O–H groups in total. The predicted octanol–water partition coefficient (Wildman–Crippen LogP) is 4.29. The van der Waals surface area contributed by atoms with Crippen molar-refractivity contribution in [1.82, 2.24) is 9.88 Å². The normalized spacial score (nSPS) is 14.8. The lowest BCUT2D eigenvalue weighted by molar-refractivity contribution is 0.271. The zero-order valence-electron chi connectivity index (χ0n) is 17.1. The predicted molar refractivity (Wildman–Crippen MR) is 129 cm³/mol. The summed E-state index contributed by atoms with van der Waals surface area (Å²) in [5, 5.41) is 2.30. The Morgan fingerprint density at radius 1 is 0.933 bits per heavy atom. The van der Waals surface area contributed by atoms with Gasteiger partial charge < -0.3 is 9.80 Å².